The molecule has 0 radical (unpaired) electrons. The monoisotopic (exact) mass is 312 g/mol. The standard InChI is InChI=1S/C15H21ClN2O3/c1-9(10-6-5-7-11(16)8-10)17-14(21)18-12(13(19)20)15(2,3)4/h5-9,12H,1-4H3,(H,19,20)(H2,17,18,21)/t9?,12-/m0/s1. The maximum Gasteiger partial charge on any atom is 0.326 e. The molecule has 0 aromatic heterocycles. The molecule has 116 valence electrons. The summed E-state index contributed by atoms with van der Waals surface area (Å²) >= 11 is 5.91. The zero-order valence-electron chi connectivity index (χ0n) is 12.6. The largest absolute Gasteiger partial charge is 0.480 e. The van der Waals surface area contributed by atoms with Crippen molar-refractivity contribution in [2.45, 2.75) is 39.8 Å². The van der Waals surface area contributed by atoms with Crippen molar-refractivity contribution in [2.75, 3.05) is 0 Å². The molecule has 1 unspecified atom stereocenters. The van der Waals surface area contributed by atoms with Crippen molar-refractivity contribution in [3.63, 3.8) is 0 Å². The molecular formula is C15H21ClN2O3. The molecular weight excluding hydrogens is 292 g/mol. The average molecular weight is 313 g/mol. The van der Waals surface area contributed by atoms with Crippen molar-refractivity contribution in [3.05, 3.63) is 34.9 Å². The van der Waals surface area contributed by atoms with Crippen LogP contribution in [0.5, 0.6) is 0 Å². The second-order valence-corrected chi connectivity index (χ2v) is 6.47. The van der Waals surface area contributed by atoms with E-state index >= 15 is 0 Å². The van der Waals surface area contributed by atoms with Gasteiger partial charge in [-0.15, -0.1) is 0 Å². The first kappa shape index (κ1) is 17.3. The van der Waals surface area contributed by atoms with Gasteiger partial charge in [-0.05, 0) is 30.0 Å². The van der Waals surface area contributed by atoms with Gasteiger partial charge in [0, 0.05) is 5.02 Å². The summed E-state index contributed by atoms with van der Waals surface area (Å²) in [6.07, 6.45) is 0. The Balaban J connectivity index is 2.70. The van der Waals surface area contributed by atoms with Crippen molar-refractivity contribution in [2.24, 2.45) is 5.41 Å². The fourth-order valence-corrected chi connectivity index (χ4v) is 2.08. The molecule has 0 heterocycles. The number of carboxylic acid groups (broad SMARTS) is 1. The van der Waals surface area contributed by atoms with Crippen molar-refractivity contribution >= 4 is 23.6 Å². The van der Waals surface area contributed by atoms with Crippen LogP contribution in [0.15, 0.2) is 24.3 Å². The molecule has 1 aromatic carbocycles. The molecule has 5 nitrogen and oxygen atoms in total. The molecule has 0 saturated heterocycles. The van der Waals surface area contributed by atoms with Gasteiger partial charge in [0.1, 0.15) is 6.04 Å². The minimum absolute atomic E-state index is 0.280. The molecule has 21 heavy (non-hydrogen) atoms. The van der Waals surface area contributed by atoms with E-state index < -0.39 is 23.5 Å². The third-order valence-electron chi connectivity index (χ3n) is 3.08. The van der Waals surface area contributed by atoms with E-state index in [1.165, 1.54) is 0 Å². The van der Waals surface area contributed by atoms with Gasteiger partial charge in [-0.3, -0.25) is 0 Å². The van der Waals surface area contributed by atoms with E-state index in [0.717, 1.165) is 5.56 Å². The zero-order valence-corrected chi connectivity index (χ0v) is 13.4. The van der Waals surface area contributed by atoms with Gasteiger partial charge in [0.05, 0.1) is 6.04 Å². The Labute approximate surface area is 129 Å². The van der Waals surface area contributed by atoms with Gasteiger partial charge >= 0.3 is 12.0 Å². The van der Waals surface area contributed by atoms with Crippen LogP contribution >= 0.6 is 11.6 Å². The van der Waals surface area contributed by atoms with E-state index in [9.17, 15) is 14.7 Å². The van der Waals surface area contributed by atoms with Crippen LogP contribution in [0.4, 0.5) is 4.79 Å². The SMILES string of the molecule is CC(NC(=O)N[C@@H](C(=O)O)C(C)(C)C)c1cccc(Cl)c1. The topological polar surface area (TPSA) is 78.4 Å². The van der Waals surface area contributed by atoms with Gasteiger partial charge in [0.2, 0.25) is 0 Å². The molecule has 0 aliphatic rings. The van der Waals surface area contributed by atoms with E-state index in [4.69, 9.17) is 11.6 Å². The summed E-state index contributed by atoms with van der Waals surface area (Å²) in [4.78, 5) is 23.2. The lowest BCUT2D eigenvalue weighted by molar-refractivity contribution is -0.141. The average Bonchev–Trinajstić information content (AvgIpc) is 2.34. The summed E-state index contributed by atoms with van der Waals surface area (Å²) in [7, 11) is 0. The highest BCUT2D eigenvalue weighted by atomic mass is 35.5. The number of aliphatic carboxylic acids is 1. The van der Waals surface area contributed by atoms with E-state index in [1.54, 1.807) is 45.9 Å². The minimum Gasteiger partial charge on any atom is -0.480 e. The van der Waals surface area contributed by atoms with Gasteiger partial charge in [-0.25, -0.2) is 9.59 Å². The predicted molar refractivity (Wildman–Crippen MR) is 82.4 cm³/mol. The lowest BCUT2D eigenvalue weighted by Gasteiger charge is -2.28. The predicted octanol–water partition coefficient (Wildman–Crippen LogP) is 3.20. The second-order valence-electron chi connectivity index (χ2n) is 6.03. The first-order valence-electron chi connectivity index (χ1n) is 6.66. The van der Waals surface area contributed by atoms with Crippen molar-refractivity contribution in [1.82, 2.24) is 10.6 Å². The van der Waals surface area contributed by atoms with Crippen LogP contribution in [0.2, 0.25) is 5.02 Å². The van der Waals surface area contributed by atoms with Gasteiger partial charge in [-0.1, -0.05) is 44.5 Å². The highest BCUT2D eigenvalue weighted by Gasteiger charge is 2.32. The fraction of sp³-hybridized carbons (Fsp3) is 0.467. The number of amides is 2. The number of nitrogens with one attached hydrogen (secondary N) is 2. The Hall–Kier alpha value is -1.75. The second kappa shape index (κ2) is 6.80. The van der Waals surface area contributed by atoms with Crippen LogP contribution in [0, 0.1) is 5.41 Å². The summed E-state index contributed by atoms with van der Waals surface area (Å²) in [6.45, 7) is 7.07. The lowest BCUT2D eigenvalue weighted by atomic mass is 9.87. The van der Waals surface area contributed by atoms with Crippen LogP contribution in [-0.2, 0) is 4.79 Å². The number of carboxylic acids is 1. The highest BCUT2D eigenvalue weighted by molar-refractivity contribution is 6.30. The summed E-state index contributed by atoms with van der Waals surface area (Å²) in [5.41, 5.74) is 0.267. The summed E-state index contributed by atoms with van der Waals surface area (Å²) in [5.74, 6) is -1.06. The molecule has 0 bridgehead atoms. The van der Waals surface area contributed by atoms with Crippen LogP contribution in [0.1, 0.15) is 39.3 Å². The Morgan fingerprint density at radius 3 is 2.33 bits per heavy atom. The van der Waals surface area contributed by atoms with E-state index in [-0.39, 0.29) is 6.04 Å². The number of carbonyl (C=O) groups excluding carboxylic acids is 1. The summed E-state index contributed by atoms with van der Waals surface area (Å²) in [6, 6.07) is 5.37. The third kappa shape index (κ3) is 5.27. The quantitative estimate of drug-likeness (QED) is 0.799. The number of benzene rings is 1. The molecule has 0 fully saturated rings. The molecule has 0 spiro atoms. The van der Waals surface area contributed by atoms with Gasteiger partial charge in [0.15, 0.2) is 0 Å². The minimum atomic E-state index is -1.06. The molecule has 6 heteroatoms. The Kier molecular flexibility index (Phi) is 5.61. The highest BCUT2D eigenvalue weighted by Crippen LogP contribution is 2.20. The molecule has 0 aliphatic heterocycles. The number of hydrogen-bond donors (Lipinski definition) is 3. The van der Waals surface area contributed by atoms with Gasteiger partial charge < -0.3 is 15.7 Å². The number of rotatable bonds is 4. The molecule has 0 saturated carbocycles. The molecule has 2 atom stereocenters. The van der Waals surface area contributed by atoms with Gasteiger partial charge in [-0.2, -0.15) is 0 Å². The zero-order chi connectivity index (χ0) is 16.2. The fourth-order valence-electron chi connectivity index (χ4n) is 1.88. The lowest BCUT2D eigenvalue weighted by Crippen LogP contribution is -2.52. The number of urea groups is 1. The molecule has 2 amide bonds. The maximum absolute atomic E-state index is 12.0. The first-order valence-corrected chi connectivity index (χ1v) is 7.04. The van der Waals surface area contributed by atoms with Crippen LogP contribution in [0.25, 0.3) is 0 Å². The smallest absolute Gasteiger partial charge is 0.326 e. The summed E-state index contributed by atoms with van der Waals surface area (Å²) in [5, 5.41) is 15.0. The van der Waals surface area contributed by atoms with Crippen molar-refractivity contribution in [3.8, 4) is 0 Å². The van der Waals surface area contributed by atoms with E-state index in [1.807, 2.05) is 6.07 Å². The van der Waals surface area contributed by atoms with Crippen molar-refractivity contribution < 1.29 is 14.7 Å². The third-order valence-corrected chi connectivity index (χ3v) is 3.32. The number of halogens is 1. The van der Waals surface area contributed by atoms with Crippen LogP contribution in [0.3, 0.4) is 0 Å². The molecule has 3 N–H and O–H groups in total. The summed E-state index contributed by atoms with van der Waals surface area (Å²) < 4.78 is 0. The first-order chi connectivity index (χ1) is 9.61. The number of carbonyl (C=O) groups is 2. The molecule has 0 aliphatic carbocycles. The Morgan fingerprint density at radius 2 is 1.86 bits per heavy atom. The Bertz CT molecular complexity index is 526. The van der Waals surface area contributed by atoms with Crippen LogP contribution in [-0.4, -0.2) is 23.1 Å². The van der Waals surface area contributed by atoms with Crippen molar-refractivity contribution in [1.29, 1.82) is 0 Å². The van der Waals surface area contributed by atoms with E-state index in [0.29, 0.717) is 5.02 Å². The molecule has 1 rings (SSSR count). The Morgan fingerprint density at radius 1 is 1.24 bits per heavy atom. The van der Waals surface area contributed by atoms with E-state index in [2.05, 4.69) is 10.6 Å². The van der Waals surface area contributed by atoms with Crippen LogP contribution < -0.4 is 10.6 Å². The van der Waals surface area contributed by atoms with Gasteiger partial charge in [0.25, 0.3) is 0 Å². The molecule has 1 aromatic rings. The normalized spacial score (nSPS) is 14.1. The maximum atomic E-state index is 12.0. The number of hydrogen-bond acceptors (Lipinski definition) is 2.